The van der Waals surface area contributed by atoms with Crippen LogP contribution >= 0.6 is 11.6 Å². The third kappa shape index (κ3) is 5.65. The minimum atomic E-state index is 0.616. The average molecular weight is 300 g/mol. The molecule has 1 aromatic heterocycles. The third-order valence-electron chi connectivity index (χ3n) is 3.02. The van der Waals surface area contributed by atoms with Crippen LogP contribution in [0.15, 0.2) is 12.1 Å². The number of halogens is 1. The maximum Gasteiger partial charge on any atom is 0.129 e. The van der Waals surface area contributed by atoms with Gasteiger partial charge in [-0.25, -0.2) is 4.98 Å². The fourth-order valence-electron chi connectivity index (χ4n) is 1.89. The molecule has 0 aliphatic heterocycles. The molecule has 1 N–H and O–H groups in total. The Kier molecular flexibility index (Phi) is 7.88. The van der Waals surface area contributed by atoms with Crippen LogP contribution in [0.4, 0.5) is 5.82 Å². The van der Waals surface area contributed by atoms with Crippen molar-refractivity contribution in [2.24, 2.45) is 5.92 Å². The van der Waals surface area contributed by atoms with Crippen molar-refractivity contribution in [2.75, 3.05) is 38.3 Å². The van der Waals surface area contributed by atoms with Gasteiger partial charge in [-0.1, -0.05) is 25.4 Å². The first-order valence-electron chi connectivity index (χ1n) is 7.18. The maximum absolute atomic E-state index is 6.22. The number of hydrogen-bond donors (Lipinski definition) is 1. The van der Waals surface area contributed by atoms with Crippen molar-refractivity contribution in [2.45, 2.75) is 27.3 Å². The fraction of sp³-hybridized carbons (Fsp3) is 0.667. The molecule has 0 saturated carbocycles. The highest BCUT2D eigenvalue weighted by Crippen LogP contribution is 2.19. The Morgan fingerprint density at radius 3 is 2.75 bits per heavy atom. The lowest BCUT2D eigenvalue weighted by Crippen LogP contribution is -2.28. The zero-order valence-corrected chi connectivity index (χ0v) is 13.7. The fourth-order valence-corrected chi connectivity index (χ4v) is 2.06. The molecule has 0 atom stereocenters. The van der Waals surface area contributed by atoms with Crippen LogP contribution < -0.4 is 10.2 Å². The molecule has 0 fully saturated rings. The van der Waals surface area contributed by atoms with E-state index in [1.807, 2.05) is 12.1 Å². The minimum Gasteiger partial charge on any atom is -0.383 e. The number of likely N-dealkylation sites (N-methyl/N-ethyl adjacent to an activating group) is 1. The quantitative estimate of drug-likeness (QED) is 0.761. The summed E-state index contributed by atoms with van der Waals surface area (Å²) in [4.78, 5) is 6.86. The first kappa shape index (κ1) is 17.2. The highest BCUT2D eigenvalue weighted by atomic mass is 35.5. The lowest BCUT2D eigenvalue weighted by molar-refractivity contribution is 0.205. The van der Waals surface area contributed by atoms with Crippen LogP contribution in [0.1, 0.15) is 26.5 Å². The van der Waals surface area contributed by atoms with E-state index in [0.717, 1.165) is 31.1 Å². The molecule has 0 aliphatic rings. The van der Waals surface area contributed by atoms with Gasteiger partial charge in [-0.15, -0.1) is 0 Å². The highest BCUT2D eigenvalue weighted by molar-refractivity contribution is 6.31. The molecule has 4 nitrogen and oxygen atoms in total. The molecule has 1 aromatic rings. The van der Waals surface area contributed by atoms with E-state index >= 15 is 0 Å². The van der Waals surface area contributed by atoms with Crippen LogP contribution in [0.5, 0.6) is 0 Å². The zero-order valence-electron chi connectivity index (χ0n) is 12.9. The lowest BCUT2D eigenvalue weighted by atomic mass is 10.2. The second-order valence-electron chi connectivity index (χ2n) is 5.20. The highest BCUT2D eigenvalue weighted by Gasteiger charge is 2.09. The van der Waals surface area contributed by atoms with E-state index in [1.165, 1.54) is 0 Å². The number of ether oxygens (including phenoxy) is 1. The molecule has 114 valence electrons. The van der Waals surface area contributed by atoms with Gasteiger partial charge >= 0.3 is 0 Å². The molecule has 1 rings (SSSR count). The van der Waals surface area contributed by atoms with Gasteiger partial charge in [0.05, 0.1) is 17.3 Å². The van der Waals surface area contributed by atoms with Gasteiger partial charge in [-0.2, -0.15) is 0 Å². The molecule has 20 heavy (non-hydrogen) atoms. The van der Waals surface area contributed by atoms with Crippen molar-refractivity contribution < 1.29 is 4.74 Å². The molecule has 1 heterocycles. The van der Waals surface area contributed by atoms with Crippen LogP contribution in [0.2, 0.25) is 5.02 Å². The number of hydrogen-bond acceptors (Lipinski definition) is 4. The van der Waals surface area contributed by atoms with E-state index in [4.69, 9.17) is 16.3 Å². The van der Waals surface area contributed by atoms with Crippen molar-refractivity contribution in [3.8, 4) is 0 Å². The second-order valence-corrected chi connectivity index (χ2v) is 5.60. The van der Waals surface area contributed by atoms with Crippen molar-refractivity contribution in [3.05, 3.63) is 22.8 Å². The van der Waals surface area contributed by atoms with Crippen molar-refractivity contribution in [1.82, 2.24) is 10.3 Å². The van der Waals surface area contributed by atoms with E-state index in [2.05, 4.69) is 36.0 Å². The number of rotatable bonds is 9. The Hall–Kier alpha value is -0.840. The van der Waals surface area contributed by atoms with Crippen LogP contribution in [0.25, 0.3) is 0 Å². The predicted molar refractivity (Wildman–Crippen MR) is 85.6 cm³/mol. The molecule has 0 aliphatic carbocycles. The van der Waals surface area contributed by atoms with Crippen LogP contribution in [0, 0.1) is 5.92 Å². The van der Waals surface area contributed by atoms with Crippen LogP contribution in [-0.2, 0) is 11.3 Å². The summed E-state index contributed by atoms with van der Waals surface area (Å²) < 4.78 is 5.13. The zero-order chi connectivity index (χ0) is 15.0. The monoisotopic (exact) mass is 299 g/mol. The van der Waals surface area contributed by atoms with E-state index in [0.29, 0.717) is 24.1 Å². The summed E-state index contributed by atoms with van der Waals surface area (Å²) in [5.41, 5.74) is 0.903. The Balaban J connectivity index is 2.73. The molecule has 0 aromatic carbocycles. The van der Waals surface area contributed by atoms with Gasteiger partial charge < -0.3 is 15.0 Å². The van der Waals surface area contributed by atoms with Gasteiger partial charge in [0.15, 0.2) is 0 Å². The van der Waals surface area contributed by atoms with Gasteiger partial charge in [0.25, 0.3) is 0 Å². The van der Waals surface area contributed by atoms with Gasteiger partial charge in [-0.05, 0) is 31.5 Å². The first-order chi connectivity index (χ1) is 9.58. The normalized spacial score (nSPS) is 11.1. The SMILES string of the molecule is CCN(CCOC)c1ccc(Cl)c(CNCC(C)C)n1. The van der Waals surface area contributed by atoms with E-state index in [9.17, 15) is 0 Å². The number of methoxy groups -OCH3 is 1. The number of nitrogens with one attached hydrogen (secondary N) is 1. The Morgan fingerprint density at radius 1 is 1.40 bits per heavy atom. The largest absolute Gasteiger partial charge is 0.383 e. The molecule has 0 radical (unpaired) electrons. The summed E-state index contributed by atoms with van der Waals surface area (Å²) in [6, 6.07) is 3.89. The molecule has 0 saturated heterocycles. The summed E-state index contributed by atoms with van der Waals surface area (Å²) in [7, 11) is 1.71. The second kappa shape index (κ2) is 9.16. The third-order valence-corrected chi connectivity index (χ3v) is 3.36. The summed E-state index contributed by atoms with van der Waals surface area (Å²) in [5.74, 6) is 1.57. The molecule has 0 amide bonds. The standard InChI is InChI=1S/C15H26ClN3O/c1-5-19(8-9-20-4)15-7-6-13(16)14(18-15)11-17-10-12(2)3/h6-7,12,17H,5,8-11H2,1-4H3. The Morgan fingerprint density at radius 2 is 2.15 bits per heavy atom. The smallest absolute Gasteiger partial charge is 0.129 e. The number of nitrogens with zero attached hydrogens (tertiary/aromatic N) is 2. The summed E-state index contributed by atoms with van der Waals surface area (Å²) in [5, 5.41) is 4.09. The Bertz CT molecular complexity index is 399. The van der Waals surface area contributed by atoms with E-state index in [1.54, 1.807) is 7.11 Å². The molecule has 0 spiro atoms. The topological polar surface area (TPSA) is 37.4 Å². The number of aromatic nitrogens is 1. The lowest BCUT2D eigenvalue weighted by Gasteiger charge is -2.22. The van der Waals surface area contributed by atoms with E-state index < -0.39 is 0 Å². The predicted octanol–water partition coefficient (Wildman–Crippen LogP) is 2.95. The molecule has 5 heteroatoms. The molecular weight excluding hydrogens is 274 g/mol. The van der Waals surface area contributed by atoms with Gasteiger partial charge in [0.2, 0.25) is 0 Å². The Labute approximate surface area is 127 Å². The first-order valence-corrected chi connectivity index (χ1v) is 7.56. The van der Waals surface area contributed by atoms with Gasteiger partial charge in [-0.3, -0.25) is 0 Å². The number of pyridine rings is 1. The molecular formula is C15H26ClN3O. The summed E-state index contributed by atoms with van der Waals surface area (Å²) >= 11 is 6.22. The molecule has 0 unspecified atom stereocenters. The van der Waals surface area contributed by atoms with Crippen molar-refractivity contribution >= 4 is 17.4 Å². The van der Waals surface area contributed by atoms with Crippen LogP contribution in [0.3, 0.4) is 0 Å². The average Bonchev–Trinajstić information content (AvgIpc) is 2.42. The number of anilines is 1. The van der Waals surface area contributed by atoms with Crippen molar-refractivity contribution in [3.63, 3.8) is 0 Å². The van der Waals surface area contributed by atoms with Gasteiger partial charge in [0.1, 0.15) is 5.82 Å². The van der Waals surface area contributed by atoms with Crippen LogP contribution in [-0.4, -0.2) is 38.3 Å². The van der Waals surface area contributed by atoms with Gasteiger partial charge in [0, 0.05) is 26.7 Å². The van der Waals surface area contributed by atoms with E-state index in [-0.39, 0.29) is 0 Å². The molecule has 0 bridgehead atoms. The summed E-state index contributed by atoms with van der Waals surface area (Å²) in [6.07, 6.45) is 0. The summed E-state index contributed by atoms with van der Waals surface area (Å²) in [6.45, 7) is 10.6. The van der Waals surface area contributed by atoms with Crippen molar-refractivity contribution in [1.29, 1.82) is 0 Å². The minimum absolute atomic E-state index is 0.616. The maximum atomic E-state index is 6.22.